The average molecular weight is 286 g/mol. The van der Waals surface area contributed by atoms with Gasteiger partial charge in [0.05, 0.1) is 5.41 Å². The SMILES string of the molecule is CC(C)(C)C(=O)OC1C=CCN(C2CCCC2Cl)C1. The van der Waals surface area contributed by atoms with Crippen LogP contribution in [0.5, 0.6) is 0 Å². The van der Waals surface area contributed by atoms with Crippen molar-refractivity contribution in [3.63, 3.8) is 0 Å². The molecular formula is C15H24ClNO2. The second-order valence-corrected chi connectivity index (χ2v) is 7.15. The summed E-state index contributed by atoms with van der Waals surface area (Å²) in [4.78, 5) is 14.3. The van der Waals surface area contributed by atoms with Crippen molar-refractivity contribution in [1.82, 2.24) is 4.90 Å². The van der Waals surface area contributed by atoms with Crippen LogP contribution in [0.4, 0.5) is 0 Å². The summed E-state index contributed by atoms with van der Waals surface area (Å²) in [7, 11) is 0. The third kappa shape index (κ3) is 3.73. The summed E-state index contributed by atoms with van der Waals surface area (Å²) in [6, 6.07) is 0.433. The van der Waals surface area contributed by atoms with E-state index in [2.05, 4.69) is 11.0 Å². The van der Waals surface area contributed by atoms with Crippen LogP contribution in [0.1, 0.15) is 40.0 Å². The lowest BCUT2D eigenvalue weighted by atomic mass is 9.97. The highest BCUT2D eigenvalue weighted by Gasteiger charge is 2.34. The molecule has 0 aromatic rings. The number of esters is 1. The van der Waals surface area contributed by atoms with Crippen molar-refractivity contribution in [3.05, 3.63) is 12.2 Å². The fourth-order valence-electron chi connectivity index (χ4n) is 2.68. The Bertz CT molecular complexity index is 362. The van der Waals surface area contributed by atoms with E-state index in [-0.39, 0.29) is 17.5 Å². The van der Waals surface area contributed by atoms with Gasteiger partial charge in [-0.15, -0.1) is 11.6 Å². The molecule has 2 rings (SSSR count). The van der Waals surface area contributed by atoms with Gasteiger partial charge in [0.25, 0.3) is 0 Å². The van der Waals surface area contributed by atoms with E-state index in [1.807, 2.05) is 26.8 Å². The summed E-state index contributed by atoms with van der Waals surface area (Å²) in [5.74, 6) is -0.141. The zero-order valence-corrected chi connectivity index (χ0v) is 12.8. The van der Waals surface area contributed by atoms with Gasteiger partial charge in [0, 0.05) is 24.5 Å². The molecule has 0 aromatic carbocycles. The Kier molecular flexibility index (Phi) is 4.57. The number of hydrogen-bond acceptors (Lipinski definition) is 3. The standard InChI is InChI=1S/C15H24ClNO2/c1-15(2,3)14(18)19-11-6-5-9-17(10-11)13-8-4-7-12(13)16/h5-6,11-13H,4,7-10H2,1-3H3. The van der Waals surface area contributed by atoms with Crippen LogP contribution in [0.15, 0.2) is 12.2 Å². The summed E-state index contributed by atoms with van der Waals surface area (Å²) >= 11 is 6.36. The Hall–Kier alpha value is -0.540. The molecule has 0 spiro atoms. The second-order valence-electron chi connectivity index (χ2n) is 6.59. The van der Waals surface area contributed by atoms with Crippen molar-refractivity contribution >= 4 is 17.6 Å². The number of rotatable bonds is 2. The van der Waals surface area contributed by atoms with E-state index in [4.69, 9.17) is 16.3 Å². The normalized spacial score (nSPS) is 32.5. The van der Waals surface area contributed by atoms with Gasteiger partial charge in [0.2, 0.25) is 0 Å². The van der Waals surface area contributed by atoms with Crippen LogP contribution < -0.4 is 0 Å². The highest BCUT2D eigenvalue weighted by molar-refractivity contribution is 6.21. The first-order valence-corrected chi connectivity index (χ1v) is 7.57. The Morgan fingerprint density at radius 1 is 1.37 bits per heavy atom. The molecule has 0 aromatic heterocycles. The van der Waals surface area contributed by atoms with Crippen LogP contribution in [0, 0.1) is 5.41 Å². The van der Waals surface area contributed by atoms with Crippen molar-refractivity contribution in [1.29, 1.82) is 0 Å². The summed E-state index contributed by atoms with van der Waals surface area (Å²) in [6.07, 6.45) is 7.40. The minimum absolute atomic E-state index is 0.134. The van der Waals surface area contributed by atoms with Gasteiger partial charge in [-0.05, 0) is 39.7 Å². The molecule has 1 fully saturated rings. The third-order valence-electron chi connectivity index (χ3n) is 3.84. The molecule has 1 heterocycles. The van der Waals surface area contributed by atoms with Crippen LogP contribution in [0.3, 0.4) is 0 Å². The van der Waals surface area contributed by atoms with E-state index in [9.17, 15) is 4.79 Å². The topological polar surface area (TPSA) is 29.5 Å². The molecule has 0 saturated heterocycles. The van der Waals surface area contributed by atoms with Crippen LogP contribution in [-0.4, -0.2) is 41.5 Å². The van der Waals surface area contributed by atoms with Gasteiger partial charge in [-0.1, -0.05) is 12.5 Å². The lowest BCUT2D eigenvalue weighted by molar-refractivity contribution is -0.157. The van der Waals surface area contributed by atoms with Crippen LogP contribution in [-0.2, 0) is 9.53 Å². The van der Waals surface area contributed by atoms with Gasteiger partial charge in [-0.3, -0.25) is 9.69 Å². The van der Waals surface area contributed by atoms with E-state index >= 15 is 0 Å². The molecule has 2 aliphatic rings. The lowest BCUT2D eigenvalue weighted by Gasteiger charge is -2.35. The van der Waals surface area contributed by atoms with Gasteiger partial charge in [0.1, 0.15) is 6.10 Å². The van der Waals surface area contributed by atoms with Crippen molar-refractivity contribution in [2.24, 2.45) is 5.41 Å². The molecule has 1 aliphatic carbocycles. The molecule has 3 atom stereocenters. The van der Waals surface area contributed by atoms with Crippen LogP contribution in [0.2, 0.25) is 0 Å². The van der Waals surface area contributed by atoms with Gasteiger partial charge < -0.3 is 4.74 Å². The molecule has 108 valence electrons. The fourth-order valence-corrected chi connectivity index (χ4v) is 3.12. The molecule has 0 N–H and O–H groups in total. The number of carbonyl (C=O) groups is 1. The maximum Gasteiger partial charge on any atom is 0.311 e. The summed E-state index contributed by atoms with van der Waals surface area (Å²) in [5, 5.41) is 0.241. The van der Waals surface area contributed by atoms with Gasteiger partial charge in [-0.2, -0.15) is 0 Å². The molecular weight excluding hydrogens is 262 g/mol. The lowest BCUT2D eigenvalue weighted by Crippen LogP contribution is -2.46. The smallest absolute Gasteiger partial charge is 0.311 e. The van der Waals surface area contributed by atoms with Crippen molar-refractivity contribution < 1.29 is 9.53 Å². The van der Waals surface area contributed by atoms with Crippen LogP contribution in [0.25, 0.3) is 0 Å². The Labute approximate surface area is 120 Å². The summed E-state index contributed by atoms with van der Waals surface area (Å²) in [6.45, 7) is 7.33. The first-order chi connectivity index (χ1) is 8.88. The predicted octanol–water partition coefficient (Wildman–Crippen LogP) is 2.98. The number of halogens is 1. The zero-order valence-electron chi connectivity index (χ0n) is 12.1. The average Bonchev–Trinajstić information content (AvgIpc) is 2.74. The largest absolute Gasteiger partial charge is 0.456 e. The van der Waals surface area contributed by atoms with Crippen molar-refractivity contribution in [3.8, 4) is 0 Å². The van der Waals surface area contributed by atoms with E-state index < -0.39 is 5.41 Å². The summed E-state index contributed by atoms with van der Waals surface area (Å²) in [5.41, 5.74) is -0.446. The Balaban J connectivity index is 1.92. The molecule has 1 aliphatic heterocycles. The van der Waals surface area contributed by atoms with Gasteiger partial charge >= 0.3 is 5.97 Å². The number of alkyl halides is 1. The summed E-state index contributed by atoms with van der Waals surface area (Å²) < 4.78 is 5.57. The Morgan fingerprint density at radius 3 is 2.68 bits per heavy atom. The molecule has 0 bridgehead atoms. The number of nitrogens with zero attached hydrogens (tertiary/aromatic N) is 1. The van der Waals surface area contributed by atoms with E-state index in [0.29, 0.717) is 6.04 Å². The molecule has 19 heavy (non-hydrogen) atoms. The first kappa shape index (κ1) is 14.9. The number of carbonyl (C=O) groups excluding carboxylic acids is 1. The van der Waals surface area contributed by atoms with Crippen molar-refractivity contribution in [2.45, 2.75) is 57.6 Å². The molecule has 0 radical (unpaired) electrons. The molecule has 3 nitrogen and oxygen atoms in total. The molecule has 3 unspecified atom stereocenters. The monoisotopic (exact) mass is 285 g/mol. The van der Waals surface area contributed by atoms with E-state index in [1.165, 1.54) is 6.42 Å². The molecule has 0 amide bonds. The van der Waals surface area contributed by atoms with Crippen LogP contribution >= 0.6 is 11.6 Å². The molecule has 4 heteroatoms. The third-order valence-corrected chi connectivity index (χ3v) is 4.35. The predicted molar refractivity (Wildman–Crippen MR) is 77.3 cm³/mol. The van der Waals surface area contributed by atoms with Gasteiger partial charge in [-0.25, -0.2) is 0 Å². The van der Waals surface area contributed by atoms with Crippen molar-refractivity contribution in [2.75, 3.05) is 13.1 Å². The van der Waals surface area contributed by atoms with Gasteiger partial charge in [0.15, 0.2) is 0 Å². The van der Waals surface area contributed by atoms with E-state index in [0.717, 1.165) is 25.9 Å². The molecule has 1 saturated carbocycles. The highest BCUT2D eigenvalue weighted by atomic mass is 35.5. The number of ether oxygens (including phenoxy) is 1. The minimum Gasteiger partial charge on any atom is -0.456 e. The fraction of sp³-hybridized carbons (Fsp3) is 0.800. The highest BCUT2D eigenvalue weighted by Crippen LogP contribution is 2.30. The quantitative estimate of drug-likeness (QED) is 0.444. The second kappa shape index (κ2) is 5.84. The minimum atomic E-state index is -0.446. The first-order valence-electron chi connectivity index (χ1n) is 7.14. The van der Waals surface area contributed by atoms with E-state index in [1.54, 1.807) is 0 Å². The number of hydrogen-bond donors (Lipinski definition) is 0. The zero-order chi connectivity index (χ0) is 14.0. The maximum absolute atomic E-state index is 11.9. The maximum atomic E-state index is 11.9. The Morgan fingerprint density at radius 2 is 2.11 bits per heavy atom.